The van der Waals surface area contributed by atoms with Gasteiger partial charge < -0.3 is 10.6 Å². The maximum Gasteiger partial charge on any atom is 0.266 e. The number of aryl methyl sites for hydroxylation is 3. The first kappa shape index (κ1) is 40.7. The van der Waals surface area contributed by atoms with Gasteiger partial charge in [0.05, 0.1) is 11.7 Å². The largest absolute Gasteiger partial charge is 0.351 e. The van der Waals surface area contributed by atoms with E-state index < -0.39 is 27.7 Å². The summed E-state index contributed by atoms with van der Waals surface area (Å²) in [6, 6.07) is 35.8. The third-order valence-electron chi connectivity index (χ3n) is 9.13. The first-order valence-corrected chi connectivity index (χ1v) is 18.7. The Kier molecular flexibility index (Phi) is 13.5. The average Bonchev–Trinajstić information content (AvgIpc) is 3.07. The molecule has 0 aliphatic rings. The minimum Gasteiger partial charge on any atom is -0.351 e. The second-order valence-electron chi connectivity index (χ2n) is 14.3. The number of rotatable bonds is 11. The molecule has 0 fully saturated rings. The molecule has 3 N–H and O–H groups in total. The summed E-state index contributed by atoms with van der Waals surface area (Å²) in [6.07, 6.45) is 0.385. The molecule has 0 heterocycles. The Balaban J connectivity index is 0.00000605. The number of carbonyl (C=O) groups is 2. The van der Waals surface area contributed by atoms with Crippen LogP contribution in [-0.2, 0) is 26.7 Å². The number of nitrogens with one attached hydrogen (secondary N) is 2. The Hall–Kier alpha value is -4.05. The van der Waals surface area contributed by atoms with E-state index in [-0.39, 0.29) is 47.4 Å². The summed E-state index contributed by atoms with van der Waals surface area (Å²) in [7, 11) is -4.18. The van der Waals surface area contributed by atoms with Gasteiger partial charge in [0, 0.05) is 47.4 Å². The second kappa shape index (κ2) is 17.2. The van der Waals surface area contributed by atoms with Crippen molar-refractivity contribution in [2.24, 2.45) is 0 Å². The zero-order chi connectivity index (χ0) is 36.9. The molecule has 0 aliphatic heterocycles. The molecule has 0 saturated heterocycles. The Morgan fingerprint density at radius 2 is 1.25 bits per heavy atom. The van der Waals surface area contributed by atoms with Crippen molar-refractivity contribution in [3.63, 3.8) is 0 Å². The van der Waals surface area contributed by atoms with E-state index in [1.165, 1.54) is 27.8 Å². The molecule has 0 spiro atoms. The quantitative estimate of drug-likeness (QED) is 0.0935. The zero-order valence-corrected chi connectivity index (χ0v) is 33.9. The Bertz CT molecular complexity index is 2100. The summed E-state index contributed by atoms with van der Waals surface area (Å²) in [5, 5.41) is 5.63. The molecule has 5 aromatic carbocycles. The summed E-state index contributed by atoms with van der Waals surface area (Å²) < 4.78 is 30.9. The van der Waals surface area contributed by atoms with Gasteiger partial charge in [-0.15, -0.1) is 0 Å². The number of amides is 2. The van der Waals surface area contributed by atoms with E-state index in [1.54, 1.807) is 24.3 Å². The predicted molar refractivity (Wildman–Crippen MR) is 213 cm³/mol. The predicted octanol–water partition coefficient (Wildman–Crippen LogP) is 8.45. The molecular weight excluding hydrogens is 680 g/mol. The van der Waals surface area contributed by atoms with Gasteiger partial charge in [-0.3, -0.25) is 14.1 Å². The van der Waals surface area contributed by atoms with Crippen LogP contribution in [0.15, 0.2) is 109 Å². The van der Waals surface area contributed by atoms with Crippen molar-refractivity contribution in [2.75, 3.05) is 17.6 Å². The monoisotopic (exact) mass is 725 g/mol. The van der Waals surface area contributed by atoms with Gasteiger partial charge in [-0.05, 0) is 107 Å². The van der Waals surface area contributed by atoms with Crippen molar-refractivity contribution in [1.82, 2.24) is 5.32 Å². The van der Waals surface area contributed by atoms with Gasteiger partial charge in [-0.1, -0.05) is 111 Å². The number of anilines is 1. The van der Waals surface area contributed by atoms with Crippen LogP contribution in [0.4, 0.5) is 5.69 Å². The van der Waals surface area contributed by atoms with E-state index in [4.69, 9.17) is 4.55 Å². The van der Waals surface area contributed by atoms with Crippen molar-refractivity contribution >= 4 is 57.2 Å². The topological polar surface area (TPSA) is 113 Å². The van der Waals surface area contributed by atoms with Crippen LogP contribution < -0.4 is 10.6 Å². The van der Waals surface area contributed by atoms with Crippen LogP contribution in [0.2, 0.25) is 0 Å². The third kappa shape index (κ3) is 10.7. The van der Waals surface area contributed by atoms with Crippen LogP contribution in [0.1, 0.15) is 70.4 Å². The standard InChI is InChI=1S/C43H46N2O5S.Na/c1-28-25-29(2)40(30(3)26-28)35-17-21-38(22-18-35)45-42(47)39(27-31-7-9-36(10-8-31)41(46)44-23-24-51(48,49)50)34-13-11-32(12-14-34)33-15-19-37(20-16-33)43(4,5)6;/h7-22,25-26,39H,23-24,27H2,1-6H3,(H,44,46)(H,45,47)(H,48,49,50);/t39-;/m1./s1. The molecule has 265 valence electrons. The molecule has 5 aromatic rings. The normalized spacial score (nSPS) is 12.1. The van der Waals surface area contributed by atoms with Gasteiger partial charge in [0.1, 0.15) is 0 Å². The van der Waals surface area contributed by atoms with Gasteiger partial charge in [0.15, 0.2) is 0 Å². The Labute approximate surface area is 330 Å². The molecule has 5 rings (SSSR count). The van der Waals surface area contributed by atoms with Crippen molar-refractivity contribution in [3.8, 4) is 22.3 Å². The molecule has 7 nitrogen and oxygen atoms in total. The van der Waals surface area contributed by atoms with Crippen molar-refractivity contribution < 1.29 is 22.6 Å². The SMILES string of the molecule is Cc1cc(C)c(-c2ccc(NC(=O)[C@H](Cc3ccc(C(=O)NCCS(=O)(=O)O)cc3)c3ccc(-c4ccc(C(C)(C)C)cc4)cc3)cc2)c(C)c1.[Na]. The van der Waals surface area contributed by atoms with Crippen LogP contribution in [0, 0.1) is 20.8 Å². The van der Waals surface area contributed by atoms with Gasteiger partial charge in [-0.25, -0.2) is 0 Å². The number of carbonyl (C=O) groups excluding carboxylic acids is 2. The summed E-state index contributed by atoms with van der Waals surface area (Å²) in [5.41, 5.74) is 12.2. The number of benzene rings is 5. The molecule has 0 aliphatic carbocycles. The summed E-state index contributed by atoms with van der Waals surface area (Å²) in [5.74, 6) is -1.70. The first-order chi connectivity index (χ1) is 24.1. The average molecular weight is 726 g/mol. The van der Waals surface area contributed by atoms with E-state index >= 15 is 0 Å². The van der Waals surface area contributed by atoms with E-state index in [2.05, 4.69) is 88.6 Å². The fourth-order valence-corrected chi connectivity index (χ4v) is 6.80. The minimum absolute atomic E-state index is 0. The van der Waals surface area contributed by atoms with Crippen LogP contribution >= 0.6 is 0 Å². The van der Waals surface area contributed by atoms with Crippen molar-refractivity contribution in [1.29, 1.82) is 0 Å². The van der Waals surface area contributed by atoms with Gasteiger partial charge in [0.25, 0.3) is 16.0 Å². The Morgan fingerprint density at radius 1 is 0.731 bits per heavy atom. The van der Waals surface area contributed by atoms with E-state index in [9.17, 15) is 18.0 Å². The van der Waals surface area contributed by atoms with Crippen LogP contribution in [0.5, 0.6) is 0 Å². The molecule has 0 unspecified atom stereocenters. The van der Waals surface area contributed by atoms with Gasteiger partial charge in [0.2, 0.25) is 5.91 Å². The van der Waals surface area contributed by atoms with E-state index in [1.807, 2.05) is 48.5 Å². The summed E-state index contributed by atoms with van der Waals surface area (Å²) >= 11 is 0. The maximum atomic E-state index is 14.0. The second-order valence-corrected chi connectivity index (χ2v) is 15.9. The fraction of sp³-hybridized carbons (Fsp3) is 0.256. The van der Waals surface area contributed by atoms with Crippen LogP contribution in [0.3, 0.4) is 0 Å². The van der Waals surface area contributed by atoms with E-state index in [0.717, 1.165) is 27.8 Å². The molecule has 1 atom stereocenters. The molecule has 0 bridgehead atoms. The summed E-state index contributed by atoms with van der Waals surface area (Å²) in [6.45, 7) is 12.7. The fourth-order valence-electron chi connectivity index (χ4n) is 6.44. The van der Waals surface area contributed by atoms with Crippen molar-refractivity contribution in [2.45, 2.75) is 59.3 Å². The van der Waals surface area contributed by atoms with Gasteiger partial charge in [-0.2, -0.15) is 8.42 Å². The Morgan fingerprint density at radius 3 is 1.77 bits per heavy atom. The summed E-state index contributed by atoms with van der Waals surface area (Å²) in [4.78, 5) is 26.6. The molecule has 0 saturated carbocycles. The smallest absolute Gasteiger partial charge is 0.266 e. The first-order valence-electron chi connectivity index (χ1n) is 17.1. The molecule has 1 radical (unpaired) electrons. The van der Waals surface area contributed by atoms with Crippen LogP contribution in [0.25, 0.3) is 22.3 Å². The van der Waals surface area contributed by atoms with Gasteiger partial charge >= 0.3 is 0 Å². The van der Waals surface area contributed by atoms with E-state index in [0.29, 0.717) is 17.7 Å². The molecule has 2 amide bonds. The number of hydrogen-bond donors (Lipinski definition) is 3. The molecule has 52 heavy (non-hydrogen) atoms. The molecule has 9 heteroatoms. The van der Waals surface area contributed by atoms with Crippen molar-refractivity contribution in [3.05, 3.63) is 148 Å². The maximum absolute atomic E-state index is 14.0. The molecule has 0 aromatic heterocycles. The number of hydrogen-bond acceptors (Lipinski definition) is 4. The minimum atomic E-state index is -4.18. The molecular formula is C43H46N2NaO5S. The van der Waals surface area contributed by atoms with Crippen LogP contribution in [-0.4, -0.2) is 66.6 Å². The third-order valence-corrected chi connectivity index (χ3v) is 9.85. The zero-order valence-electron chi connectivity index (χ0n) is 31.1.